The molecule has 0 amide bonds. The molecule has 0 aliphatic rings. The van der Waals surface area contributed by atoms with Crippen molar-refractivity contribution in [2.45, 2.75) is 46.2 Å². The number of hydrogen-bond donors (Lipinski definition) is 1. The van der Waals surface area contributed by atoms with Gasteiger partial charge in [0, 0.05) is 25.0 Å². The number of pyridine rings is 1. The molecule has 3 heteroatoms. The van der Waals surface area contributed by atoms with Gasteiger partial charge in [0.25, 0.3) is 0 Å². The van der Waals surface area contributed by atoms with E-state index in [1.807, 2.05) is 18.5 Å². The van der Waals surface area contributed by atoms with E-state index in [0.717, 1.165) is 13.1 Å². The minimum atomic E-state index is 0.109. The summed E-state index contributed by atoms with van der Waals surface area (Å²) in [6, 6.07) is 4.48. The molecule has 0 bridgehead atoms. The summed E-state index contributed by atoms with van der Waals surface area (Å²) in [5, 5.41) is 0. The summed E-state index contributed by atoms with van der Waals surface area (Å²) >= 11 is 0. The van der Waals surface area contributed by atoms with Gasteiger partial charge in [0.2, 0.25) is 0 Å². The van der Waals surface area contributed by atoms with Crippen molar-refractivity contribution in [1.82, 2.24) is 9.88 Å². The molecular weight excluding hydrogens is 222 g/mol. The van der Waals surface area contributed by atoms with Crippen molar-refractivity contribution < 1.29 is 0 Å². The van der Waals surface area contributed by atoms with Crippen LogP contribution in [-0.2, 0) is 0 Å². The normalized spacial score (nSPS) is 16.6. The molecular formula is C15H27N3. The molecule has 0 aliphatic heterocycles. The Hall–Kier alpha value is -0.930. The third kappa shape index (κ3) is 4.07. The van der Waals surface area contributed by atoms with Gasteiger partial charge in [-0.1, -0.05) is 33.3 Å². The van der Waals surface area contributed by atoms with Crippen molar-refractivity contribution in [2.75, 3.05) is 13.1 Å². The van der Waals surface area contributed by atoms with Crippen LogP contribution in [0.1, 0.15) is 45.7 Å². The Bertz CT molecular complexity index is 324. The summed E-state index contributed by atoms with van der Waals surface area (Å²) in [5.74, 6) is 0.697. The molecule has 0 aliphatic carbocycles. The molecule has 1 rings (SSSR count). The number of hydrogen-bond acceptors (Lipinski definition) is 3. The summed E-state index contributed by atoms with van der Waals surface area (Å²) in [6.07, 6.45) is 4.95. The Balaban J connectivity index is 2.89. The smallest absolute Gasteiger partial charge is 0.0511 e. The van der Waals surface area contributed by atoms with Gasteiger partial charge in [-0.25, -0.2) is 0 Å². The Morgan fingerprint density at radius 3 is 2.50 bits per heavy atom. The Labute approximate surface area is 111 Å². The quantitative estimate of drug-likeness (QED) is 0.808. The number of aromatic nitrogens is 1. The maximum atomic E-state index is 6.19. The lowest BCUT2D eigenvalue weighted by atomic mass is 9.98. The first kappa shape index (κ1) is 15.1. The summed E-state index contributed by atoms with van der Waals surface area (Å²) in [7, 11) is 0. The average Bonchev–Trinajstić information content (AvgIpc) is 2.38. The molecule has 1 aromatic heterocycles. The van der Waals surface area contributed by atoms with E-state index in [2.05, 4.69) is 43.6 Å². The molecule has 102 valence electrons. The van der Waals surface area contributed by atoms with Crippen LogP contribution in [0.3, 0.4) is 0 Å². The van der Waals surface area contributed by atoms with E-state index >= 15 is 0 Å². The molecule has 0 fully saturated rings. The average molecular weight is 249 g/mol. The summed E-state index contributed by atoms with van der Waals surface area (Å²) in [4.78, 5) is 6.69. The van der Waals surface area contributed by atoms with Gasteiger partial charge in [-0.05, 0) is 31.0 Å². The van der Waals surface area contributed by atoms with E-state index in [1.54, 1.807) is 0 Å². The topological polar surface area (TPSA) is 42.2 Å². The minimum absolute atomic E-state index is 0.109. The molecule has 0 spiro atoms. The predicted molar refractivity (Wildman–Crippen MR) is 77.3 cm³/mol. The van der Waals surface area contributed by atoms with Gasteiger partial charge < -0.3 is 5.73 Å². The largest absolute Gasteiger partial charge is 0.326 e. The van der Waals surface area contributed by atoms with Crippen LogP contribution in [-0.4, -0.2) is 29.0 Å². The van der Waals surface area contributed by atoms with Gasteiger partial charge in [0.1, 0.15) is 0 Å². The summed E-state index contributed by atoms with van der Waals surface area (Å²) in [5.41, 5.74) is 7.41. The van der Waals surface area contributed by atoms with Crippen molar-refractivity contribution in [2.24, 2.45) is 11.7 Å². The van der Waals surface area contributed by atoms with Crippen LogP contribution < -0.4 is 5.73 Å². The SMILES string of the molecule is CCC(C)CN(CC)C(c1cccnc1)C(C)N. The molecule has 1 heterocycles. The molecule has 0 saturated carbocycles. The first-order chi connectivity index (χ1) is 8.60. The lowest BCUT2D eigenvalue weighted by Crippen LogP contribution is -2.41. The number of nitrogens with two attached hydrogens (primary N) is 1. The fourth-order valence-corrected chi connectivity index (χ4v) is 2.37. The Morgan fingerprint density at radius 2 is 2.06 bits per heavy atom. The minimum Gasteiger partial charge on any atom is -0.326 e. The van der Waals surface area contributed by atoms with Crippen LogP contribution in [0.15, 0.2) is 24.5 Å². The maximum absolute atomic E-state index is 6.19. The highest BCUT2D eigenvalue weighted by Crippen LogP contribution is 2.24. The van der Waals surface area contributed by atoms with E-state index in [-0.39, 0.29) is 12.1 Å². The zero-order valence-corrected chi connectivity index (χ0v) is 12.1. The fraction of sp³-hybridized carbons (Fsp3) is 0.667. The van der Waals surface area contributed by atoms with E-state index in [0.29, 0.717) is 5.92 Å². The highest BCUT2D eigenvalue weighted by atomic mass is 15.2. The molecule has 3 nitrogen and oxygen atoms in total. The highest BCUT2D eigenvalue weighted by molar-refractivity contribution is 5.16. The second kappa shape index (κ2) is 7.49. The number of nitrogens with zero attached hydrogens (tertiary/aromatic N) is 2. The Kier molecular flexibility index (Phi) is 6.30. The molecule has 18 heavy (non-hydrogen) atoms. The highest BCUT2D eigenvalue weighted by Gasteiger charge is 2.23. The zero-order valence-electron chi connectivity index (χ0n) is 12.1. The van der Waals surface area contributed by atoms with Crippen molar-refractivity contribution in [1.29, 1.82) is 0 Å². The summed E-state index contributed by atoms with van der Waals surface area (Å²) in [6.45, 7) is 10.9. The Morgan fingerprint density at radius 1 is 1.33 bits per heavy atom. The lowest BCUT2D eigenvalue weighted by Gasteiger charge is -2.35. The van der Waals surface area contributed by atoms with Crippen LogP contribution in [0.25, 0.3) is 0 Å². The molecule has 0 aromatic carbocycles. The molecule has 0 radical (unpaired) electrons. The molecule has 3 unspecified atom stereocenters. The third-order valence-corrected chi connectivity index (χ3v) is 3.57. The maximum Gasteiger partial charge on any atom is 0.0511 e. The van der Waals surface area contributed by atoms with Crippen LogP contribution >= 0.6 is 0 Å². The van der Waals surface area contributed by atoms with Gasteiger partial charge in [-0.15, -0.1) is 0 Å². The van der Waals surface area contributed by atoms with Gasteiger partial charge in [0.05, 0.1) is 6.04 Å². The number of likely N-dealkylation sites (N-methyl/N-ethyl adjacent to an activating group) is 1. The summed E-state index contributed by atoms with van der Waals surface area (Å²) < 4.78 is 0. The van der Waals surface area contributed by atoms with Crippen LogP contribution in [0.2, 0.25) is 0 Å². The zero-order chi connectivity index (χ0) is 13.5. The van der Waals surface area contributed by atoms with Crippen LogP contribution in [0.5, 0.6) is 0 Å². The number of rotatable bonds is 7. The van der Waals surface area contributed by atoms with Crippen LogP contribution in [0, 0.1) is 5.92 Å². The first-order valence-corrected chi connectivity index (χ1v) is 6.99. The van der Waals surface area contributed by atoms with E-state index in [9.17, 15) is 0 Å². The second-order valence-corrected chi connectivity index (χ2v) is 5.19. The molecule has 1 aromatic rings. The van der Waals surface area contributed by atoms with E-state index in [4.69, 9.17) is 5.73 Å². The predicted octanol–water partition coefficient (Wildman–Crippen LogP) is 2.84. The van der Waals surface area contributed by atoms with Crippen molar-refractivity contribution in [3.05, 3.63) is 30.1 Å². The fourth-order valence-electron chi connectivity index (χ4n) is 2.37. The van der Waals surface area contributed by atoms with Gasteiger partial charge >= 0.3 is 0 Å². The van der Waals surface area contributed by atoms with Gasteiger partial charge in [0.15, 0.2) is 0 Å². The second-order valence-electron chi connectivity index (χ2n) is 5.19. The van der Waals surface area contributed by atoms with Crippen LogP contribution in [0.4, 0.5) is 0 Å². The first-order valence-electron chi connectivity index (χ1n) is 6.99. The third-order valence-electron chi connectivity index (χ3n) is 3.57. The van der Waals surface area contributed by atoms with Crippen molar-refractivity contribution >= 4 is 0 Å². The van der Waals surface area contributed by atoms with E-state index < -0.39 is 0 Å². The van der Waals surface area contributed by atoms with Gasteiger partial charge in [-0.2, -0.15) is 0 Å². The monoisotopic (exact) mass is 249 g/mol. The van der Waals surface area contributed by atoms with Crippen molar-refractivity contribution in [3.8, 4) is 0 Å². The van der Waals surface area contributed by atoms with E-state index in [1.165, 1.54) is 12.0 Å². The molecule has 0 saturated heterocycles. The molecule has 3 atom stereocenters. The van der Waals surface area contributed by atoms with Crippen molar-refractivity contribution in [3.63, 3.8) is 0 Å². The van der Waals surface area contributed by atoms with Gasteiger partial charge in [-0.3, -0.25) is 9.88 Å². The lowest BCUT2D eigenvalue weighted by molar-refractivity contribution is 0.160. The standard InChI is InChI=1S/C15H27N3/c1-5-12(3)11-18(6-2)15(13(4)16)14-8-7-9-17-10-14/h7-10,12-13,15H,5-6,11,16H2,1-4H3. The molecule has 2 N–H and O–H groups in total.